The SMILES string of the molecule is COC(=O)c1ccc(CN(C(=O)N2CCN(C)CC2)c2cccc(-c3ccc4c(cnn4C)c3)c2)c(F)c1. The second kappa shape index (κ2) is 10.6. The second-order valence-corrected chi connectivity index (χ2v) is 9.55. The summed E-state index contributed by atoms with van der Waals surface area (Å²) in [7, 11) is 5.19. The first-order valence-corrected chi connectivity index (χ1v) is 12.5. The van der Waals surface area contributed by atoms with E-state index in [2.05, 4.69) is 16.1 Å². The summed E-state index contributed by atoms with van der Waals surface area (Å²) in [5.74, 6) is -1.18. The number of hydrogen-bond donors (Lipinski definition) is 0. The lowest BCUT2D eigenvalue weighted by Gasteiger charge is -2.36. The number of carbonyl (C=O) groups is 2. The molecule has 1 aliphatic heterocycles. The third kappa shape index (κ3) is 5.10. The lowest BCUT2D eigenvalue weighted by Crippen LogP contribution is -2.52. The summed E-state index contributed by atoms with van der Waals surface area (Å²) in [6.07, 6.45) is 1.83. The van der Waals surface area contributed by atoms with Crippen molar-refractivity contribution in [2.75, 3.05) is 45.2 Å². The largest absolute Gasteiger partial charge is 0.465 e. The number of ether oxygens (including phenoxy) is 1. The first-order chi connectivity index (χ1) is 18.3. The van der Waals surface area contributed by atoms with E-state index in [9.17, 15) is 9.59 Å². The number of aromatic nitrogens is 2. The van der Waals surface area contributed by atoms with Crippen LogP contribution in [0.3, 0.4) is 0 Å². The van der Waals surface area contributed by atoms with Gasteiger partial charge in [0.2, 0.25) is 0 Å². The molecule has 3 aromatic carbocycles. The Kier molecular flexibility index (Phi) is 7.11. The Hall–Kier alpha value is -4.24. The van der Waals surface area contributed by atoms with Crippen LogP contribution in [0.5, 0.6) is 0 Å². The Morgan fingerprint density at radius 2 is 1.74 bits per heavy atom. The van der Waals surface area contributed by atoms with Crippen molar-refractivity contribution < 1.29 is 18.7 Å². The molecule has 2 heterocycles. The van der Waals surface area contributed by atoms with Crippen LogP contribution in [0.2, 0.25) is 0 Å². The quantitative estimate of drug-likeness (QED) is 0.365. The van der Waals surface area contributed by atoms with E-state index in [1.807, 2.05) is 61.4 Å². The minimum atomic E-state index is -0.612. The van der Waals surface area contributed by atoms with Gasteiger partial charge in [0.15, 0.2) is 0 Å². The molecule has 0 spiro atoms. The van der Waals surface area contributed by atoms with Crippen LogP contribution in [-0.4, -0.2) is 71.9 Å². The number of rotatable bonds is 5. The molecular formula is C29H30FN5O3. The third-order valence-electron chi connectivity index (χ3n) is 7.04. The van der Waals surface area contributed by atoms with Gasteiger partial charge in [0.1, 0.15) is 5.82 Å². The summed E-state index contributed by atoms with van der Waals surface area (Å²) in [6.45, 7) is 2.74. The van der Waals surface area contributed by atoms with Gasteiger partial charge >= 0.3 is 12.0 Å². The molecule has 1 aliphatic rings. The van der Waals surface area contributed by atoms with Crippen molar-refractivity contribution in [3.8, 4) is 11.1 Å². The number of amides is 2. The van der Waals surface area contributed by atoms with Gasteiger partial charge in [0, 0.05) is 49.9 Å². The maximum Gasteiger partial charge on any atom is 0.337 e. The molecule has 0 unspecified atom stereocenters. The standard InChI is InChI=1S/C29H30FN5O3/c1-32-11-13-34(14-12-32)29(37)35(19-23-8-7-22(17-26(23)30)28(36)38-3)25-6-4-5-20(16-25)21-9-10-27-24(15-21)18-31-33(27)2/h4-10,15-18H,11-14,19H2,1-3H3. The monoisotopic (exact) mass is 515 g/mol. The molecule has 0 radical (unpaired) electrons. The third-order valence-corrected chi connectivity index (χ3v) is 7.04. The van der Waals surface area contributed by atoms with Crippen LogP contribution in [0.15, 0.2) is 66.9 Å². The van der Waals surface area contributed by atoms with Crippen LogP contribution < -0.4 is 4.90 Å². The van der Waals surface area contributed by atoms with E-state index in [0.29, 0.717) is 24.3 Å². The number of esters is 1. The summed E-state index contributed by atoms with van der Waals surface area (Å²) in [5, 5.41) is 5.35. The molecule has 1 aromatic heterocycles. The first-order valence-electron chi connectivity index (χ1n) is 12.5. The van der Waals surface area contributed by atoms with Crippen molar-refractivity contribution in [2.24, 2.45) is 7.05 Å². The molecular weight excluding hydrogens is 485 g/mol. The Morgan fingerprint density at radius 1 is 0.974 bits per heavy atom. The number of hydrogen-bond acceptors (Lipinski definition) is 5. The molecule has 2 amide bonds. The Labute approximate surface area is 220 Å². The number of likely N-dealkylation sites (N-methyl/N-ethyl adjacent to an activating group) is 1. The molecule has 5 rings (SSSR count). The van der Waals surface area contributed by atoms with Gasteiger partial charge in [-0.2, -0.15) is 5.10 Å². The molecule has 0 bridgehead atoms. The van der Waals surface area contributed by atoms with Crippen LogP contribution in [0, 0.1) is 5.82 Å². The first kappa shape index (κ1) is 25.4. The maximum absolute atomic E-state index is 15.1. The average molecular weight is 516 g/mol. The van der Waals surface area contributed by atoms with Crippen molar-refractivity contribution in [2.45, 2.75) is 6.54 Å². The number of halogens is 1. The van der Waals surface area contributed by atoms with Crippen molar-refractivity contribution in [3.05, 3.63) is 83.8 Å². The highest BCUT2D eigenvalue weighted by Crippen LogP contribution is 2.29. The van der Waals surface area contributed by atoms with Gasteiger partial charge in [-0.1, -0.05) is 24.3 Å². The molecule has 38 heavy (non-hydrogen) atoms. The fourth-order valence-corrected chi connectivity index (χ4v) is 4.73. The fraction of sp³-hybridized carbons (Fsp3) is 0.276. The Bertz CT molecular complexity index is 1490. The van der Waals surface area contributed by atoms with Gasteiger partial charge in [-0.25, -0.2) is 14.0 Å². The molecule has 0 atom stereocenters. The molecule has 0 saturated carbocycles. The summed E-state index contributed by atoms with van der Waals surface area (Å²) in [4.78, 5) is 31.2. The molecule has 4 aromatic rings. The number of urea groups is 1. The van der Waals surface area contributed by atoms with Crippen molar-refractivity contribution >= 4 is 28.6 Å². The number of piperazine rings is 1. The summed E-state index contributed by atoms with van der Waals surface area (Å²) in [6, 6.07) is 17.8. The van der Waals surface area contributed by atoms with E-state index in [1.165, 1.54) is 19.2 Å². The highest BCUT2D eigenvalue weighted by atomic mass is 19.1. The number of anilines is 1. The van der Waals surface area contributed by atoms with Crippen LogP contribution in [0.25, 0.3) is 22.0 Å². The van der Waals surface area contributed by atoms with Gasteiger partial charge in [-0.3, -0.25) is 9.58 Å². The number of nitrogens with zero attached hydrogens (tertiary/aromatic N) is 5. The van der Waals surface area contributed by atoms with Crippen molar-refractivity contribution in [3.63, 3.8) is 0 Å². The fourth-order valence-electron chi connectivity index (χ4n) is 4.73. The van der Waals surface area contributed by atoms with Gasteiger partial charge in [-0.05, 0) is 54.6 Å². The number of methoxy groups -OCH3 is 1. The van der Waals surface area contributed by atoms with Crippen LogP contribution >= 0.6 is 0 Å². The van der Waals surface area contributed by atoms with Gasteiger partial charge in [0.05, 0.1) is 30.9 Å². The topological polar surface area (TPSA) is 70.9 Å². The lowest BCUT2D eigenvalue weighted by atomic mass is 10.0. The molecule has 0 N–H and O–H groups in total. The average Bonchev–Trinajstić information content (AvgIpc) is 3.31. The van der Waals surface area contributed by atoms with E-state index < -0.39 is 11.8 Å². The van der Waals surface area contributed by atoms with Gasteiger partial charge < -0.3 is 14.5 Å². The predicted molar refractivity (Wildman–Crippen MR) is 145 cm³/mol. The highest BCUT2D eigenvalue weighted by Gasteiger charge is 2.27. The Balaban J connectivity index is 1.50. The predicted octanol–water partition coefficient (Wildman–Crippen LogP) is 4.54. The van der Waals surface area contributed by atoms with E-state index in [1.54, 1.807) is 9.80 Å². The van der Waals surface area contributed by atoms with E-state index >= 15 is 4.39 Å². The molecule has 9 heteroatoms. The number of benzene rings is 3. The molecule has 1 fully saturated rings. The van der Waals surface area contributed by atoms with Crippen molar-refractivity contribution in [1.82, 2.24) is 19.6 Å². The number of carbonyl (C=O) groups excluding carboxylic acids is 2. The molecule has 0 aliphatic carbocycles. The smallest absolute Gasteiger partial charge is 0.337 e. The zero-order chi connectivity index (χ0) is 26.8. The second-order valence-electron chi connectivity index (χ2n) is 9.55. The lowest BCUT2D eigenvalue weighted by molar-refractivity contribution is 0.0600. The minimum Gasteiger partial charge on any atom is -0.465 e. The number of aryl methyl sites for hydroxylation is 1. The minimum absolute atomic E-state index is 0.0174. The zero-order valence-electron chi connectivity index (χ0n) is 21.7. The van der Waals surface area contributed by atoms with Crippen LogP contribution in [0.4, 0.5) is 14.9 Å². The van der Waals surface area contributed by atoms with Gasteiger partial charge in [0.25, 0.3) is 0 Å². The van der Waals surface area contributed by atoms with E-state index in [-0.39, 0.29) is 18.1 Å². The van der Waals surface area contributed by atoms with Crippen LogP contribution in [-0.2, 0) is 18.3 Å². The van der Waals surface area contributed by atoms with E-state index in [4.69, 9.17) is 4.74 Å². The van der Waals surface area contributed by atoms with Crippen LogP contribution in [0.1, 0.15) is 15.9 Å². The summed E-state index contributed by atoms with van der Waals surface area (Å²) < 4.78 is 21.6. The maximum atomic E-state index is 15.1. The molecule has 1 saturated heterocycles. The normalized spacial score (nSPS) is 14.1. The van der Waals surface area contributed by atoms with E-state index in [0.717, 1.165) is 41.2 Å². The van der Waals surface area contributed by atoms with Crippen molar-refractivity contribution in [1.29, 1.82) is 0 Å². The molecule has 196 valence electrons. The molecule has 8 nitrogen and oxygen atoms in total. The summed E-state index contributed by atoms with van der Waals surface area (Å²) in [5.41, 5.74) is 4.05. The summed E-state index contributed by atoms with van der Waals surface area (Å²) >= 11 is 0. The highest BCUT2D eigenvalue weighted by molar-refractivity contribution is 5.94. The Morgan fingerprint density at radius 3 is 2.47 bits per heavy atom. The van der Waals surface area contributed by atoms with Gasteiger partial charge in [-0.15, -0.1) is 0 Å². The zero-order valence-corrected chi connectivity index (χ0v) is 21.7. The number of fused-ring (bicyclic) bond motifs is 1.